The van der Waals surface area contributed by atoms with E-state index in [0.717, 1.165) is 5.69 Å². The molecule has 1 atom stereocenters. The van der Waals surface area contributed by atoms with Gasteiger partial charge in [-0.05, 0) is 12.1 Å². The summed E-state index contributed by atoms with van der Waals surface area (Å²) < 4.78 is 0. The maximum Gasteiger partial charge on any atom is 0.224 e. The van der Waals surface area contributed by atoms with Crippen LogP contribution in [-0.4, -0.2) is 37.5 Å². The van der Waals surface area contributed by atoms with Crippen molar-refractivity contribution in [2.75, 3.05) is 26.0 Å². The summed E-state index contributed by atoms with van der Waals surface area (Å²) in [6.07, 6.45) is 0.356. The first kappa shape index (κ1) is 13.8. The van der Waals surface area contributed by atoms with Crippen molar-refractivity contribution in [3.63, 3.8) is 0 Å². The van der Waals surface area contributed by atoms with E-state index >= 15 is 0 Å². The minimum Gasteiger partial charge on any atom is -0.379 e. The lowest BCUT2D eigenvalue weighted by Gasteiger charge is -2.20. The number of carbonyl (C=O) groups excluding carboxylic acids is 1. The number of nitrogens with zero attached hydrogens (tertiary/aromatic N) is 1. The van der Waals surface area contributed by atoms with Gasteiger partial charge < -0.3 is 16.0 Å². The van der Waals surface area contributed by atoms with Gasteiger partial charge in [-0.2, -0.15) is 0 Å². The van der Waals surface area contributed by atoms with Crippen molar-refractivity contribution in [1.82, 2.24) is 4.90 Å². The van der Waals surface area contributed by atoms with E-state index in [9.17, 15) is 4.79 Å². The SMILES string of the molecule is CN(C)C(=O)CC(CN)Nc1ccccc1Cl. The van der Waals surface area contributed by atoms with Crippen LogP contribution >= 0.6 is 11.6 Å². The quantitative estimate of drug-likeness (QED) is 0.840. The molecule has 17 heavy (non-hydrogen) atoms. The number of para-hydroxylation sites is 1. The molecule has 0 fully saturated rings. The molecule has 0 bridgehead atoms. The van der Waals surface area contributed by atoms with Gasteiger partial charge in [0.2, 0.25) is 5.91 Å². The molecule has 1 aromatic carbocycles. The molecular formula is C12H18ClN3O. The Kier molecular flexibility index (Phi) is 5.25. The van der Waals surface area contributed by atoms with Crippen LogP contribution in [0.15, 0.2) is 24.3 Å². The molecule has 0 radical (unpaired) electrons. The molecule has 4 nitrogen and oxygen atoms in total. The van der Waals surface area contributed by atoms with Crippen molar-refractivity contribution in [2.45, 2.75) is 12.5 Å². The third-order valence-corrected chi connectivity index (χ3v) is 2.77. The summed E-state index contributed by atoms with van der Waals surface area (Å²) in [5, 5.41) is 3.81. The number of nitrogens with one attached hydrogen (secondary N) is 1. The number of amides is 1. The van der Waals surface area contributed by atoms with E-state index in [4.69, 9.17) is 17.3 Å². The van der Waals surface area contributed by atoms with Crippen LogP contribution in [0, 0.1) is 0 Å². The first-order valence-corrected chi connectivity index (χ1v) is 5.83. The van der Waals surface area contributed by atoms with Gasteiger partial charge >= 0.3 is 0 Å². The van der Waals surface area contributed by atoms with Crippen LogP contribution in [0.2, 0.25) is 5.02 Å². The lowest BCUT2D eigenvalue weighted by Crippen LogP contribution is -2.35. The Bertz CT molecular complexity index is 382. The molecular weight excluding hydrogens is 238 g/mol. The summed E-state index contributed by atoms with van der Waals surface area (Å²) in [5.74, 6) is 0.0417. The smallest absolute Gasteiger partial charge is 0.224 e. The number of benzene rings is 1. The highest BCUT2D eigenvalue weighted by Crippen LogP contribution is 2.21. The molecule has 3 N–H and O–H groups in total. The Hall–Kier alpha value is -1.26. The molecule has 0 aliphatic rings. The summed E-state index contributed by atoms with van der Waals surface area (Å²) in [5.41, 5.74) is 6.44. The second-order valence-electron chi connectivity index (χ2n) is 4.05. The highest BCUT2D eigenvalue weighted by molar-refractivity contribution is 6.33. The van der Waals surface area contributed by atoms with Crippen molar-refractivity contribution in [3.8, 4) is 0 Å². The van der Waals surface area contributed by atoms with Crippen LogP contribution in [-0.2, 0) is 4.79 Å². The average Bonchev–Trinajstić information content (AvgIpc) is 2.30. The van der Waals surface area contributed by atoms with E-state index in [1.807, 2.05) is 18.2 Å². The van der Waals surface area contributed by atoms with Crippen LogP contribution in [0.25, 0.3) is 0 Å². The third-order valence-electron chi connectivity index (χ3n) is 2.44. The third kappa shape index (κ3) is 4.24. The molecule has 0 saturated carbocycles. The summed E-state index contributed by atoms with van der Waals surface area (Å²) in [4.78, 5) is 13.1. The fourth-order valence-electron chi connectivity index (χ4n) is 1.38. The summed E-state index contributed by atoms with van der Waals surface area (Å²) >= 11 is 6.03. The zero-order valence-electron chi connectivity index (χ0n) is 10.1. The highest BCUT2D eigenvalue weighted by atomic mass is 35.5. The Balaban J connectivity index is 2.64. The van der Waals surface area contributed by atoms with Crippen molar-refractivity contribution in [2.24, 2.45) is 5.73 Å². The predicted octanol–water partition coefficient (Wildman–Crippen LogP) is 1.56. The zero-order chi connectivity index (χ0) is 12.8. The molecule has 1 rings (SSSR count). The molecule has 1 aromatic rings. The molecule has 94 valence electrons. The van der Waals surface area contributed by atoms with Gasteiger partial charge in [0, 0.05) is 33.1 Å². The number of carbonyl (C=O) groups is 1. The average molecular weight is 256 g/mol. The monoisotopic (exact) mass is 255 g/mol. The number of hydrogen-bond donors (Lipinski definition) is 2. The number of rotatable bonds is 5. The van der Waals surface area contributed by atoms with E-state index in [1.54, 1.807) is 25.1 Å². The standard InChI is InChI=1S/C12H18ClN3O/c1-16(2)12(17)7-9(8-14)15-11-6-4-3-5-10(11)13/h3-6,9,15H,7-8,14H2,1-2H3. The Morgan fingerprint density at radius 2 is 2.12 bits per heavy atom. The maximum atomic E-state index is 11.6. The summed E-state index contributed by atoms with van der Waals surface area (Å²) in [6, 6.07) is 7.30. The van der Waals surface area contributed by atoms with Crippen molar-refractivity contribution in [1.29, 1.82) is 0 Å². The summed E-state index contributed by atoms with van der Waals surface area (Å²) in [6.45, 7) is 0.380. The van der Waals surface area contributed by atoms with Crippen molar-refractivity contribution in [3.05, 3.63) is 29.3 Å². The normalized spacial score (nSPS) is 12.0. The van der Waals surface area contributed by atoms with E-state index in [2.05, 4.69) is 5.32 Å². The molecule has 5 heteroatoms. The molecule has 1 unspecified atom stereocenters. The van der Waals surface area contributed by atoms with Crippen LogP contribution in [0.4, 0.5) is 5.69 Å². The Labute approximate surface area is 107 Å². The van der Waals surface area contributed by atoms with Crippen molar-refractivity contribution >= 4 is 23.2 Å². The first-order valence-electron chi connectivity index (χ1n) is 5.46. The topological polar surface area (TPSA) is 58.4 Å². The zero-order valence-corrected chi connectivity index (χ0v) is 10.9. The largest absolute Gasteiger partial charge is 0.379 e. The van der Waals surface area contributed by atoms with Gasteiger partial charge in [-0.25, -0.2) is 0 Å². The van der Waals surface area contributed by atoms with Crippen LogP contribution in [0.3, 0.4) is 0 Å². The van der Waals surface area contributed by atoms with Gasteiger partial charge in [-0.3, -0.25) is 4.79 Å². The fraction of sp³-hybridized carbons (Fsp3) is 0.417. The molecule has 0 aromatic heterocycles. The van der Waals surface area contributed by atoms with E-state index in [1.165, 1.54) is 0 Å². The minimum absolute atomic E-state index is 0.0417. The Morgan fingerprint density at radius 3 is 2.65 bits per heavy atom. The van der Waals surface area contributed by atoms with Gasteiger partial charge in [0.05, 0.1) is 10.7 Å². The van der Waals surface area contributed by atoms with Gasteiger partial charge in [0.1, 0.15) is 0 Å². The first-order chi connectivity index (χ1) is 8.04. The van der Waals surface area contributed by atoms with E-state index < -0.39 is 0 Å². The van der Waals surface area contributed by atoms with Crippen LogP contribution < -0.4 is 11.1 Å². The molecule has 0 heterocycles. The number of halogens is 1. The lowest BCUT2D eigenvalue weighted by molar-refractivity contribution is -0.128. The number of nitrogens with two attached hydrogens (primary N) is 1. The van der Waals surface area contributed by atoms with Crippen LogP contribution in [0.1, 0.15) is 6.42 Å². The van der Waals surface area contributed by atoms with Gasteiger partial charge in [0.15, 0.2) is 0 Å². The predicted molar refractivity (Wildman–Crippen MR) is 71.2 cm³/mol. The van der Waals surface area contributed by atoms with Gasteiger partial charge in [-0.15, -0.1) is 0 Å². The highest BCUT2D eigenvalue weighted by Gasteiger charge is 2.14. The van der Waals surface area contributed by atoms with E-state index in [-0.39, 0.29) is 11.9 Å². The molecule has 1 amide bonds. The second kappa shape index (κ2) is 6.47. The molecule has 0 aliphatic heterocycles. The molecule has 0 spiro atoms. The van der Waals surface area contributed by atoms with Crippen molar-refractivity contribution < 1.29 is 4.79 Å². The maximum absolute atomic E-state index is 11.6. The number of hydrogen-bond acceptors (Lipinski definition) is 3. The number of anilines is 1. The summed E-state index contributed by atoms with van der Waals surface area (Å²) in [7, 11) is 3.46. The van der Waals surface area contributed by atoms with E-state index in [0.29, 0.717) is 18.0 Å². The van der Waals surface area contributed by atoms with Crippen LogP contribution in [0.5, 0.6) is 0 Å². The molecule has 0 aliphatic carbocycles. The van der Waals surface area contributed by atoms with Gasteiger partial charge in [0.25, 0.3) is 0 Å². The molecule has 0 saturated heterocycles. The minimum atomic E-state index is -0.107. The Morgan fingerprint density at radius 1 is 1.47 bits per heavy atom. The lowest BCUT2D eigenvalue weighted by atomic mass is 10.1. The second-order valence-corrected chi connectivity index (χ2v) is 4.46. The fourth-order valence-corrected chi connectivity index (χ4v) is 1.58. The van der Waals surface area contributed by atoms with Gasteiger partial charge in [-0.1, -0.05) is 23.7 Å².